The molecule has 0 aliphatic carbocycles. The molecule has 5 aromatic heterocycles. The first kappa shape index (κ1) is 45.8. The van der Waals surface area contributed by atoms with Gasteiger partial charge in [0.25, 0.3) is 0 Å². The Morgan fingerprint density at radius 3 is 1.64 bits per heavy atom. The van der Waals surface area contributed by atoms with Gasteiger partial charge >= 0.3 is 12.4 Å². The maximum Gasteiger partial charge on any atom is 0.416 e. The van der Waals surface area contributed by atoms with Crippen molar-refractivity contribution in [2.75, 3.05) is 44.0 Å². The first-order valence-corrected chi connectivity index (χ1v) is 16.6. The third kappa shape index (κ3) is 10.4. The smallest absolute Gasteiger partial charge is 0.400 e. The SMILES string of the molecule is CO.N.O=CC=O.O=Cc1cnc2c(NCCCO)nc3cc(C(F)(F)F)ccc3n12.OCCCNc1nc2cc(C(F)(F)F)ccc2n2c(-c3ncc[nH]3)cnc12. The highest BCUT2D eigenvalue weighted by Crippen LogP contribution is 2.34. The number of aromatic nitrogens is 8. The van der Waals surface area contributed by atoms with E-state index < -0.39 is 23.5 Å². The van der Waals surface area contributed by atoms with E-state index in [0.29, 0.717) is 71.9 Å². The third-order valence-corrected chi connectivity index (χ3v) is 7.70. The van der Waals surface area contributed by atoms with Crippen LogP contribution < -0.4 is 16.8 Å². The van der Waals surface area contributed by atoms with Crippen LogP contribution in [-0.4, -0.2) is 106 Å². The zero-order valence-corrected chi connectivity index (χ0v) is 30.4. The summed E-state index contributed by atoms with van der Waals surface area (Å²) in [5.41, 5.74) is 1.11. The number of aliphatic hydroxyl groups is 3. The van der Waals surface area contributed by atoms with Gasteiger partial charge in [-0.3, -0.25) is 23.2 Å². The van der Waals surface area contributed by atoms with Crippen molar-refractivity contribution in [2.45, 2.75) is 25.2 Å². The lowest BCUT2D eigenvalue weighted by molar-refractivity contribution is -0.138. The van der Waals surface area contributed by atoms with Gasteiger partial charge in [0.15, 0.2) is 47.6 Å². The number of halogens is 6. The zero-order chi connectivity index (χ0) is 41.8. The molecule has 0 aliphatic rings. The molecule has 0 radical (unpaired) electrons. The van der Waals surface area contributed by atoms with Crippen molar-refractivity contribution in [3.05, 3.63) is 78.0 Å². The molecule has 2 aromatic carbocycles. The Labute approximate surface area is 323 Å². The number of H-pyrrole nitrogens is 1. The van der Waals surface area contributed by atoms with E-state index in [9.17, 15) is 31.1 Å². The van der Waals surface area contributed by atoms with Gasteiger partial charge < -0.3 is 37.1 Å². The molecule has 5 heterocycles. The molecule has 0 unspecified atom stereocenters. The van der Waals surface area contributed by atoms with Crippen molar-refractivity contribution in [2.24, 2.45) is 0 Å². The summed E-state index contributed by atoms with van der Waals surface area (Å²) in [6.07, 6.45) is -0.917. The molecule has 0 atom stereocenters. The molecule has 0 aliphatic heterocycles. The van der Waals surface area contributed by atoms with Crippen molar-refractivity contribution in [3.8, 4) is 11.5 Å². The summed E-state index contributed by atoms with van der Waals surface area (Å²) >= 11 is 0. The van der Waals surface area contributed by atoms with E-state index in [1.807, 2.05) is 0 Å². The fraction of sp³-hybridized carbons (Fsp3) is 0.257. The number of benzene rings is 2. The predicted octanol–water partition coefficient (Wildman–Crippen LogP) is 4.75. The molecule has 58 heavy (non-hydrogen) atoms. The van der Waals surface area contributed by atoms with E-state index in [2.05, 4.69) is 40.5 Å². The summed E-state index contributed by atoms with van der Waals surface area (Å²) in [6.45, 7) is 0.726. The maximum absolute atomic E-state index is 13.1. The number of nitrogens with zero attached hydrogens (tertiary/aromatic N) is 7. The number of fused-ring (bicyclic) bond motifs is 6. The fourth-order valence-corrected chi connectivity index (χ4v) is 5.31. The van der Waals surface area contributed by atoms with Crippen LogP contribution in [0, 0.1) is 0 Å². The van der Waals surface area contributed by atoms with Crippen molar-refractivity contribution >= 4 is 63.9 Å². The largest absolute Gasteiger partial charge is 0.416 e. The van der Waals surface area contributed by atoms with Crippen molar-refractivity contribution < 1.29 is 56.0 Å². The van der Waals surface area contributed by atoms with E-state index in [4.69, 9.17) is 24.9 Å². The number of rotatable bonds is 11. The molecule has 0 saturated heterocycles. The van der Waals surface area contributed by atoms with Crippen molar-refractivity contribution in [1.29, 1.82) is 0 Å². The average molecular weight is 822 g/mol. The first-order chi connectivity index (χ1) is 27.4. The molecular weight excluding hydrogens is 784 g/mol. The van der Waals surface area contributed by atoms with Crippen LogP contribution in [0.4, 0.5) is 38.0 Å². The lowest BCUT2D eigenvalue weighted by atomic mass is 10.2. The Hall–Kier alpha value is -6.56. The normalized spacial score (nSPS) is 11.1. The number of hydrogen-bond acceptors (Lipinski definition) is 14. The molecular formula is C35H37F6N11O6. The fourth-order valence-electron chi connectivity index (χ4n) is 5.31. The Kier molecular flexibility index (Phi) is 16.2. The van der Waals surface area contributed by atoms with E-state index in [0.717, 1.165) is 31.4 Å². The van der Waals surface area contributed by atoms with Gasteiger partial charge in [-0.05, 0) is 49.2 Å². The van der Waals surface area contributed by atoms with Crippen LogP contribution in [-0.2, 0) is 21.9 Å². The monoisotopic (exact) mass is 821 g/mol. The number of nitrogens with one attached hydrogen (secondary N) is 3. The molecule has 7 rings (SSSR count). The lowest BCUT2D eigenvalue weighted by Gasteiger charge is -2.12. The minimum Gasteiger partial charge on any atom is -0.400 e. The van der Waals surface area contributed by atoms with Crippen LogP contribution in [0.5, 0.6) is 0 Å². The number of anilines is 2. The van der Waals surface area contributed by atoms with E-state index in [1.54, 1.807) is 23.0 Å². The molecule has 9 N–H and O–H groups in total. The van der Waals surface area contributed by atoms with Crippen LogP contribution in [0.3, 0.4) is 0 Å². The molecule has 0 saturated carbocycles. The topological polar surface area (TPSA) is 260 Å². The Balaban J connectivity index is 0.000000271. The van der Waals surface area contributed by atoms with Gasteiger partial charge in [0.1, 0.15) is 11.4 Å². The molecule has 0 spiro atoms. The molecule has 310 valence electrons. The standard InChI is InChI=1S/C17H15F3N6O.C15H13F3N4O2.C2H2O2.CH4O.H3N/c18-17(19,20)10-2-3-12-11(8-10)25-15(21-4-1-7-27)16-24-9-13(26(12)16)14-22-5-6-23-14;16-15(17,18)9-2-3-12-11(6-9)21-13(19-4-1-5-23)14-20-7-10(8-24)22(12)14;3-1-2-4;1-2;/h2-3,5-6,8-9,27H,1,4,7H2,(H,21,25)(H,22,23);2-3,6-8,23H,1,4-5H2,(H,19,21);1-2H;2H,1H3;1H3. The minimum absolute atomic E-state index is 0. The molecule has 17 nitrogen and oxygen atoms in total. The lowest BCUT2D eigenvalue weighted by Crippen LogP contribution is -2.09. The minimum atomic E-state index is -4.49. The molecule has 23 heteroatoms. The van der Waals surface area contributed by atoms with Crippen molar-refractivity contribution in [3.63, 3.8) is 0 Å². The number of alkyl halides is 6. The van der Waals surface area contributed by atoms with Crippen LogP contribution >= 0.6 is 0 Å². The highest BCUT2D eigenvalue weighted by molar-refractivity contribution is 6.09. The van der Waals surface area contributed by atoms with Crippen molar-refractivity contribution in [1.82, 2.24) is 44.9 Å². The predicted molar refractivity (Wildman–Crippen MR) is 200 cm³/mol. The maximum atomic E-state index is 13.1. The summed E-state index contributed by atoms with van der Waals surface area (Å²) in [7, 11) is 1.00. The second-order valence-corrected chi connectivity index (χ2v) is 11.3. The number of aliphatic hydroxyl groups excluding tert-OH is 3. The summed E-state index contributed by atoms with van der Waals surface area (Å²) in [5, 5.41) is 30.8. The highest BCUT2D eigenvalue weighted by Gasteiger charge is 2.32. The first-order valence-electron chi connectivity index (χ1n) is 16.6. The molecule has 0 amide bonds. The zero-order valence-electron chi connectivity index (χ0n) is 30.4. The Morgan fingerprint density at radius 2 is 1.21 bits per heavy atom. The number of carbonyl (C=O) groups excluding carboxylic acids is 3. The number of imidazole rings is 3. The highest BCUT2D eigenvalue weighted by atomic mass is 19.4. The van der Waals surface area contributed by atoms with Gasteiger partial charge in [-0.15, -0.1) is 0 Å². The quantitative estimate of drug-likeness (QED) is 0.0402. The summed E-state index contributed by atoms with van der Waals surface area (Å²) in [5.74, 6) is 1.13. The molecule has 7 aromatic rings. The van der Waals surface area contributed by atoms with Gasteiger partial charge in [0.05, 0.1) is 45.6 Å². The van der Waals surface area contributed by atoms with Gasteiger partial charge in [-0.25, -0.2) is 24.9 Å². The van der Waals surface area contributed by atoms with Gasteiger partial charge in [0.2, 0.25) is 0 Å². The Morgan fingerprint density at radius 1 is 0.724 bits per heavy atom. The molecule has 0 fully saturated rings. The van der Waals surface area contributed by atoms with Gasteiger partial charge in [-0.1, -0.05) is 0 Å². The third-order valence-electron chi connectivity index (χ3n) is 7.70. The number of aromatic amines is 1. The van der Waals surface area contributed by atoms with E-state index in [1.165, 1.54) is 22.7 Å². The van der Waals surface area contributed by atoms with Crippen LogP contribution in [0.2, 0.25) is 0 Å². The summed E-state index contributed by atoms with van der Waals surface area (Å²) in [6, 6.07) is 6.55. The number of aldehydes is 3. The summed E-state index contributed by atoms with van der Waals surface area (Å²) in [4.78, 5) is 53.0. The Bertz CT molecular complexity index is 2430. The van der Waals surface area contributed by atoms with Gasteiger partial charge in [-0.2, -0.15) is 26.3 Å². The summed E-state index contributed by atoms with van der Waals surface area (Å²) < 4.78 is 81.3. The van der Waals surface area contributed by atoms with Gasteiger partial charge in [0, 0.05) is 45.8 Å². The average Bonchev–Trinajstić information content (AvgIpc) is 3.99. The second-order valence-electron chi connectivity index (χ2n) is 11.3. The number of carbonyl (C=O) groups is 3. The molecule has 0 bridgehead atoms. The van der Waals surface area contributed by atoms with E-state index in [-0.39, 0.29) is 54.5 Å². The van der Waals surface area contributed by atoms with Crippen LogP contribution in [0.15, 0.2) is 61.2 Å². The van der Waals surface area contributed by atoms with Crippen LogP contribution in [0.1, 0.15) is 34.5 Å². The number of hydrogen-bond donors (Lipinski definition) is 7. The van der Waals surface area contributed by atoms with Crippen LogP contribution in [0.25, 0.3) is 44.9 Å². The van der Waals surface area contributed by atoms with E-state index >= 15 is 0 Å². The second kappa shape index (κ2) is 20.6.